The Labute approximate surface area is 95.0 Å². The molecule has 0 aromatic heterocycles. The van der Waals surface area contributed by atoms with Gasteiger partial charge in [-0.2, -0.15) is 0 Å². The fourth-order valence-electron chi connectivity index (χ4n) is 1.17. The Bertz CT molecular complexity index is 221. The highest BCUT2D eigenvalue weighted by Gasteiger charge is 2.18. The largest absolute Gasteiger partial charge is 0.480 e. The van der Waals surface area contributed by atoms with Gasteiger partial charge in [0.15, 0.2) is 0 Å². The Hall–Kier alpha value is -1.30. The Morgan fingerprint density at radius 1 is 1.31 bits per heavy atom. The molecule has 0 saturated carbocycles. The van der Waals surface area contributed by atoms with Crippen LogP contribution in [0.4, 0.5) is 4.79 Å². The van der Waals surface area contributed by atoms with Crippen LogP contribution < -0.4 is 10.6 Å². The normalized spacial score (nSPS) is 11.9. The zero-order chi connectivity index (χ0) is 12.4. The molecule has 0 unspecified atom stereocenters. The van der Waals surface area contributed by atoms with Crippen molar-refractivity contribution in [1.29, 1.82) is 0 Å². The van der Waals surface area contributed by atoms with Gasteiger partial charge < -0.3 is 20.8 Å². The third-order valence-corrected chi connectivity index (χ3v) is 2.09. The summed E-state index contributed by atoms with van der Waals surface area (Å²) in [6.07, 6.45) is 2.98. The van der Waals surface area contributed by atoms with Gasteiger partial charge in [-0.1, -0.05) is 19.8 Å². The SMILES string of the molecule is CCCCCNC(=O)N[C@@H](CCO)C(=O)O. The molecule has 1 atom stereocenters. The predicted octanol–water partition coefficient (Wildman–Crippen LogP) is 0.311. The molecule has 0 bridgehead atoms. The second kappa shape index (κ2) is 8.96. The highest BCUT2D eigenvalue weighted by atomic mass is 16.4. The van der Waals surface area contributed by atoms with Gasteiger partial charge in [0.2, 0.25) is 0 Å². The fourth-order valence-corrected chi connectivity index (χ4v) is 1.17. The van der Waals surface area contributed by atoms with Gasteiger partial charge in [0.05, 0.1) is 0 Å². The lowest BCUT2D eigenvalue weighted by Gasteiger charge is -2.13. The molecule has 0 aliphatic rings. The summed E-state index contributed by atoms with van der Waals surface area (Å²) in [5.74, 6) is -1.14. The first-order valence-corrected chi connectivity index (χ1v) is 5.49. The maximum absolute atomic E-state index is 11.2. The van der Waals surface area contributed by atoms with Crippen molar-refractivity contribution in [2.75, 3.05) is 13.2 Å². The summed E-state index contributed by atoms with van der Waals surface area (Å²) in [6.45, 7) is 2.32. The fraction of sp³-hybridized carbons (Fsp3) is 0.800. The number of carbonyl (C=O) groups excluding carboxylic acids is 1. The number of aliphatic hydroxyl groups is 1. The van der Waals surface area contributed by atoms with E-state index < -0.39 is 18.0 Å². The molecular formula is C10H20N2O4. The van der Waals surface area contributed by atoms with Gasteiger partial charge in [-0.3, -0.25) is 0 Å². The minimum absolute atomic E-state index is 0.0116. The molecule has 0 aromatic rings. The van der Waals surface area contributed by atoms with Crippen molar-refractivity contribution in [1.82, 2.24) is 10.6 Å². The number of carboxylic acids is 1. The minimum atomic E-state index is -1.14. The first-order chi connectivity index (χ1) is 7.61. The summed E-state index contributed by atoms with van der Waals surface area (Å²) in [6, 6.07) is -1.53. The van der Waals surface area contributed by atoms with Crippen LogP contribution in [0.3, 0.4) is 0 Å². The van der Waals surface area contributed by atoms with Crippen LogP contribution in [0.15, 0.2) is 0 Å². The minimum Gasteiger partial charge on any atom is -0.480 e. The van der Waals surface area contributed by atoms with Gasteiger partial charge in [-0.05, 0) is 6.42 Å². The quantitative estimate of drug-likeness (QED) is 0.453. The molecule has 6 nitrogen and oxygen atoms in total. The molecule has 0 radical (unpaired) electrons. The van der Waals surface area contributed by atoms with Gasteiger partial charge in [0, 0.05) is 19.6 Å². The lowest BCUT2D eigenvalue weighted by atomic mass is 10.2. The zero-order valence-corrected chi connectivity index (χ0v) is 9.53. The Balaban J connectivity index is 3.77. The zero-order valence-electron chi connectivity index (χ0n) is 9.53. The summed E-state index contributed by atoms with van der Waals surface area (Å²) in [7, 11) is 0. The number of rotatable bonds is 8. The van der Waals surface area contributed by atoms with E-state index in [9.17, 15) is 9.59 Å². The van der Waals surface area contributed by atoms with Crippen molar-refractivity contribution in [3.63, 3.8) is 0 Å². The van der Waals surface area contributed by atoms with Crippen LogP contribution in [0, 0.1) is 0 Å². The van der Waals surface area contributed by atoms with Crippen LogP contribution in [0.1, 0.15) is 32.6 Å². The molecule has 4 N–H and O–H groups in total. The second-order valence-electron chi connectivity index (χ2n) is 3.51. The van der Waals surface area contributed by atoms with Gasteiger partial charge in [0.1, 0.15) is 6.04 Å². The lowest BCUT2D eigenvalue weighted by molar-refractivity contribution is -0.139. The number of hydrogen-bond donors (Lipinski definition) is 4. The number of unbranched alkanes of at least 4 members (excludes halogenated alkanes) is 2. The van der Waals surface area contributed by atoms with Crippen molar-refractivity contribution in [2.24, 2.45) is 0 Å². The standard InChI is InChI=1S/C10H20N2O4/c1-2-3-4-6-11-10(16)12-8(5-7-13)9(14)15/h8,13H,2-7H2,1H3,(H,14,15)(H2,11,12,16)/t8-/m0/s1. The number of carbonyl (C=O) groups is 2. The molecule has 0 rings (SSSR count). The first-order valence-electron chi connectivity index (χ1n) is 5.49. The van der Waals surface area contributed by atoms with E-state index in [1.54, 1.807) is 0 Å². The number of hydrogen-bond acceptors (Lipinski definition) is 3. The number of carboxylic acid groups (broad SMARTS) is 1. The summed E-state index contributed by atoms with van der Waals surface area (Å²) in [5, 5.41) is 22.2. The van der Waals surface area contributed by atoms with Crippen LogP contribution in [0.5, 0.6) is 0 Å². The van der Waals surface area contributed by atoms with Crippen molar-refractivity contribution < 1.29 is 19.8 Å². The molecule has 94 valence electrons. The van der Waals surface area contributed by atoms with Crippen molar-refractivity contribution in [3.8, 4) is 0 Å². The molecule has 0 saturated heterocycles. The average Bonchev–Trinajstić information content (AvgIpc) is 2.23. The summed E-state index contributed by atoms with van der Waals surface area (Å²) < 4.78 is 0. The highest BCUT2D eigenvalue weighted by molar-refractivity contribution is 5.82. The molecule has 6 heteroatoms. The number of aliphatic hydroxyl groups excluding tert-OH is 1. The van der Waals surface area contributed by atoms with Crippen LogP contribution in [0.25, 0.3) is 0 Å². The van der Waals surface area contributed by atoms with E-state index in [-0.39, 0.29) is 13.0 Å². The third-order valence-electron chi connectivity index (χ3n) is 2.09. The molecule has 0 spiro atoms. The summed E-state index contributed by atoms with van der Waals surface area (Å²) in [4.78, 5) is 21.9. The van der Waals surface area contributed by atoms with Crippen molar-refractivity contribution >= 4 is 12.0 Å². The van der Waals surface area contributed by atoms with E-state index in [1.165, 1.54) is 0 Å². The first kappa shape index (κ1) is 14.7. The lowest BCUT2D eigenvalue weighted by Crippen LogP contribution is -2.46. The molecule has 2 amide bonds. The number of urea groups is 1. The number of aliphatic carboxylic acids is 1. The van der Waals surface area contributed by atoms with Crippen LogP contribution in [0.2, 0.25) is 0 Å². The predicted molar refractivity (Wildman–Crippen MR) is 59.2 cm³/mol. The van der Waals surface area contributed by atoms with E-state index in [0.29, 0.717) is 6.54 Å². The van der Waals surface area contributed by atoms with E-state index in [1.807, 2.05) is 0 Å². The van der Waals surface area contributed by atoms with Crippen LogP contribution in [-0.4, -0.2) is 41.4 Å². The molecule has 0 heterocycles. The number of amides is 2. The summed E-state index contributed by atoms with van der Waals surface area (Å²) in [5.41, 5.74) is 0. The maximum atomic E-state index is 11.2. The Morgan fingerprint density at radius 2 is 2.00 bits per heavy atom. The van der Waals surface area contributed by atoms with Crippen molar-refractivity contribution in [3.05, 3.63) is 0 Å². The second-order valence-corrected chi connectivity index (χ2v) is 3.51. The van der Waals surface area contributed by atoms with E-state index >= 15 is 0 Å². The van der Waals surface area contributed by atoms with E-state index in [4.69, 9.17) is 10.2 Å². The van der Waals surface area contributed by atoms with E-state index in [0.717, 1.165) is 19.3 Å². The van der Waals surface area contributed by atoms with Gasteiger partial charge in [0.25, 0.3) is 0 Å². The third kappa shape index (κ3) is 7.05. The Kier molecular flexibility index (Phi) is 8.24. The van der Waals surface area contributed by atoms with Crippen LogP contribution >= 0.6 is 0 Å². The molecule has 16 heavy (non-hydrogen) atoms. The van der Waals surface area contributed by atoms with E-state index in [2.05, 4.69) is 17.6 Å². The van der Waals surface area contributed by atoms with Gasteiger partial charge in [-0.25, -0.2) is 9.59 Å². The highest BCUT2D eigenvalue weighted by Crippen LogP contribution is 1.93. The van der Waals surface area contributed by atoms with Gasteiger partial charge in [-0.15, -0.1) is 0 Å². The molecule has 0 aliphatic heterocycles. The summed E-state index contributed by atoms with van der Waals surface area (Å²) >= 11 is 0. The molecule has 0 aliphatic carbocycles. The monoisotopic (exact) mass is 232 g/mol. The van der Waals surface area contributed by atoms with Crippen molar-refractivity contribution in [2.45, 2.75) is 38.6 Å². The van der Waals surface area contributed by atoms with Crippen LogP contribution in [-0.2, 0) is 4.79 Å². The topological polar surface area (TPSA) is 98.7 Å². The molecule has 0 fully saturated rings. The molecule has 0 aromatic carbocycles. The van der Waals surface area contributed by atoms with Gasteiger partial charge >= 0.3 is 12.0 Å². The maximum Gasteiger partial charge on any atom is 0.326 e. The average molecular weight is 232 g/mol. The molecular weight excluding hydrogens is 212 g/mol. The smallest absolute Gasteiger partial charge is 0.326 e. The number of nitrogens with one attached hydrogen (secondary N) is 2. The Morgan fingerprint density at radius 3 is 2.50 bits per heavy atom.